The lowest BCUT2D eigenvalue weighted by Gasteiger charge is -2.57. The van der Waals surface area contributed by atoms with Crippen molar-refractivity contribution in [2.24, 2.45) is 23.2 Å². The quantitative estimate of drug-likeness (QED) is 0.256. The summed E-state index contributed by atoms with van der Waals surface area (Å²) >= 11 is 0. The third kappa shape index (κ3) is 6.05. The second-order valence-electron chi connectivity index (χ2n) is 12.9. The summed E-state index contributed by atoms with van der Waals surface area (Å²) in [5.41, 5.74) is 2.69. The van der Waals surface area contributed by atoms with E-state index in [1.165, 1.54) is 56.2 Å². The zero-order valence-corrected chi connectivity index (χ0v) is 24.3. The fourth-order valence-electron chi connectivity index (χ4n) is 8.30. The van der Waals surface area contributed by atoms with Crippen molar-refractivity contribution in [3.63, 3.8) is 0 Å². The number of hydrogen-bond acceptors (Lipinski definition) is 6. The number of hydrogen-bond donors (Lipinski definition) is 2. The Morgan fingerprint density at radius 3 is 2.24 bits per heavy atom. The standard InChI is InChI=1S/C32H39N3O5S/c36-31(27-10-8-26(9-11-27)25-6-4-2-1-3-5-7-25)34-41(39,40)28-12-13-29(30(17-28)35(37)38)33-21-32-18-22-14-23(19-32)16-24(15-22)20-32/h6,8-13,17,22-24,33H,1-5,7,14-16,18-21H2,(H,34,36). The van der Waals surface area contributed by atoms with E-state index in [0.717, 1.165) is 67.9 Å². The monoisotopic (exact) mass is 577 g/mol. The van der Waals surface area contributed by atoms with Gasteiger partial charge in [0.2, 0.25) is 0 Å². The van der Waals surface area contributed by atoms with Crippen LogP contribution in [0.15, 0.2) is 53.4 Å². The highest BCUT2D eigenvalue weighted by Gasteiger charge is 2.50. The molecule has 0 aromatic heterocycles. The SMILES string of the molecule is O=C(NS(=O)(=O)c1ccc(NCC23CC4CC(CC(C4)C2)C3)c([N+](=O)[O-])c1)c1ccc(C2=CCCCCCC2)cc1. The van der Waals surface area contributed by atoms with Crippen molar-refractivity contribution in [1.29, 1.82) is 0 Å². The van der Waals surface area contributed by atoms with E-state index in [2.05, 4.69) is 16.1 Å². The lowest BCUT2D eigenvalue weighted by Crippen LogP contribution is -2.49. The number of rotatable bonds is 8. The predicted molar refractivity (Wildman–Crippen MR) is 159 cm³/mol. The average Bonchev–Trinajstić information content (AvgIpc) is 2.91. The van der Waals surface area contributed by atoms with Crippen LogP contribution in [0.5, 0.6) is 0 Å². The van der Waals surface area contributed by atoms with Gasteiger partial charge in [0.05, 0.1) is 9.82 Å². The minimum absolute atomic E-state index is 0.170. The summed E-state index contributed by atoms with van der Waals surface area (Å²) in [6.45, 7) is 0.660. The van der Waals surface area contributed by atoms with Crippen molar-refractivity contribution in [1.82, 2.24) is 4.72 Å². The smallest absolute Gasteiger partial charge is 0.293 e. The van der Waals surface area contributed by atoms with Crippen LogP contribution in [0.2, 0.25) is 0 Å². The minimum Gasteiger partial charge on any atom is -0.379 e. The van der Waals surface area contributed by atoms with Gasteiger partial charge in [-0.3, -0.25) is 14.9 Å². The maximum Gasteiger partial charge on any atom is 0.293 e. The summed E-state index contributed by atoms with van der Waals surface area (Å²) in [5, 5.41) is 15.3. The molecule has 4 fully saturated rings. The normalized spacial score (nSPS) is 27.4. The first-order chi connectivity index (χ1) is 19.7. The first-order valence-electron chi connectivity index (χ1n) is 15.1. The third-order valence-electron chi connectivity index (χ3n) is 9.83. The summed E-state index contributed by atoms with van der Waals surface area (Å²) in [6.07, 6.45) is 16.5. The van der Waals surface area contributed by atoms with E-state index in [0.29, 0.717) is 12.2 Å². The molecule has 7 rings (SSSR count). The summed E-state index contributed by atoms with van der Waals surface area (Å²) < 4.78 is 28.3. The highest BCUT2D eigenvalue weighted by molar-refractivity contribution is 7.90. The second kappa shape index (κ2) is 11.2. The summed E-state index contributed by atoms with van der Waals surface area (Å²) in [6, 6.07) is 10.8. The van der Waals surface area contributed by atoms with E-state index in [1.54, 1.807) is 12.1 Å². The summed E-state index contributed by atoms with van der Waals surface area (Å²) in [7, 11) is -4.31. The van der Waals surface area contributed by atoms with E-state index in [1.807, 2.05) is 12.1 Å². The molecular formula is C32H39N3O5S. The number of nitrogens with zero attached hydrogens (tertiary/aromatic N) is 1. The van der Waals surface area contributed by atoms with Gasteiger partial charge in [-0.25, -0.2) is 13.1 Å². The van der Waals surface area contributed by atoms with E-state index in [-0.39, 0.29) is 21.6 Å². The van der Waals surface area contributed by atoms with Crippen LogP contribution in [0.25, 0.3) is 5.57 Å². The molecule has 218 valence electrons. The molecule has 1 amide bonds. The first-order valence-corrected chi connectivity index (χ1v) is 16.6. The molecule has 41 heavy (non-hydrogen) atoms. The molecule has 2 aromatic carbocycles. The Kier molecular flexibility index (Phi) is 7.66. The Hall–Kier alpha value is -3.20. The number of anilines is 1. The fourth-order valence-corrected chi connectivity index (χ4v) is 9.29. The largest absolute Gasteiger partial charge is 0.379 e. The molecule has 0 atom stereocenters. The predicted octanol–water partition coefficient (Wildman–Crippen LogP) is 7.08. The van der Waals surface area contributed by atoms with Crippen molar-refractivity contribution in [2.45, 2.75) is 81.9 Å². The van der Waals surface area contributed by atoms with E-state index >= 15 is 0 Å². The summed E-state index contributed by atoms with van der Waals surface area (Å²) in [4.78, 5) is 23.9. The van der Waals surface area contributed by atoms with Crippen LogP contribution in [0.4, 0.5) is 11.4 Å². The van der Waals surface area contributed by atoms with Crippen molar-refractivity contribution in [3.8, 4) is 0 Å². The maximum atomic E-state index is 13.1. The molecule has 2 N–H and O–H groups in total. The van der Waals surface area contributed by atoms with Gasteiger partial charge in [0, 0.05) is 18.2 Å². The first kappa shape index (κ1) is 27.9. The van der Waals surface area contributed by atoms with Gasteiger partial charge in [-0.05, 0) is 123 Å². The summed E-state index contributed by atoms with van der Waals surface area (Å²) in [5.74, 6) is 1.53. The van der Waals surface area contributed by atoms with Crippen LogP contribution < -0.4 is 10.0 Å². The van der Waals surface area contributed by atoms with Crippen LogP contribution >= 0.6 is 0 Å². The van der Waals surface area contributed by atoms with Crippen LogP contribution in [0.1, 0.15) is 93.0 Å². The highest BCUT2D eigenvalue weighted by atomic mass is 32.2. The average molecular weight is 578 g/mol. The van der Waals surface area contributed by atoms with Crippen LogP contribution in [-0.4, -0.2) is 25.8 Å². The lowest BCUT2D eigenvalue weighted by atomic mass is 9.49. The Bertz CT molecular complexity index is 1430. The number of nitro benzene ring substituents is 1. The Balaban J connectivity index is 1.14. The van der Waals surface area contributed by atoms with E-state index < -0.39 is 20.9 Å². The third-order valence-corrected chi connectivity index (χ3v) is 11.2. The zero-order valence-electron chi connectivity index (χ0n) is 23.4. The van der Waals surface area contributed by atoms with Crippen LogP contribution in [0, 0.1) is 33.3 Å². The Labute approximate surface area is 242 Å². The molecule has 5 aliphatic carbocycles. The molecule has 0 saturated heterocycles. The second-order valence-corrected chi connectivity index (χ2v) is 14.6. The van der Waals surface area contributed by atoms with Gasteiger partial charge in [-0.1, -0.05) is 31.1 Å². The molecule has 0 unspecified atom stereocenters. The number of allylic oxidation sites excluding steroid dienone is 2. The molecule has 9 heteroatoms. The molecule has 5 aliphatic rings. The van der Waals surface area contributed by atoms with Crippen molar-refractivity contribution in [3.05, 3.63) is 69.8 Å². The van der Waals surface area contributed by atoms with Crippen LogP contribution in [-0.2, 0) is 10.0 Å². The van der Waals surface area contributed by atoms with Gasteiger partial charge in [0.25, 0.3) is 21.6 Å². The molecule has 2 aromatic rings. The van der Waals surface area contributed by atoms with Crippen molar-refractivity contribution >= 4 is 32.9 Å². The minimum atomic E-state index is -4.31. The number of carbonyl (C=O) groups excluding carboxylic acids is 1. The highest BCUT2D eigenvalue weighted by Crippen LogP contribution is 2.60. The van der Waals surface area contributed by atoms with Gasteiger partial charge in [0.15, 0.2) is 0 Å². The topological polar surface area (TPSA) is 118 Å². The van der Waals surface area contributed by atoms with Gasteiger partial charge >= 0.3 is 0 Å². The number of nitrogens with one attached hydrogen (secondary N) is 2. The van der Waals surface area contributed by atoms with Gasteiger partial charge in [-0.2, -0.15) is 0 Å². The molecule has 0 spiro atoms. The molecule has 8 nitrogen and oxygen atoms in total. The van der Waals surface area contributed by atoms with Gasteiger partial charge < -0.3 is 5.32 Å². The molecule has 0 aliphatic heterocycles. The molecule has 0 heterocycles. The number of carbonyl (C=O) groups is 1. The number of sulfonamides is 1. The van der Waals surface area contributed by atoms with Gasteiger partial charge in [0.1, 0.15) is 5.69 Å². The zero-order chi connectivity index (χ0) is 28.6. The lowest BCUT2D eigenvalue weighted by molar-refractivity contribution is -0.384. The van der Waals surface area contributed by atoms with Crippen molar-refractivity contribution < 1.29 is 18.1 Å². The number of nitro groups is 1. The van der Waals surface area contributed by atoms with E-state index in [4.69, 9.17) is 0 Å². The Morgan fingerprint density at radius 1 is 0.927 bits per heavy atom. The Morgan fingerprint density at radius 2 is 1.59 bits per heavy atom. The fraction of sp³-hybridized carbons (Fsp3) is 0.531. The number of benzene rings is 2. The number of amides is 1. The maximum absolute atomic E-state index is 13.1. The molecule has 4 saturated carbocycles. The van der Waals surface area contributed by atoms with Gasteiger partial charge in [-0.15, -0.1) is 0 Å². The van der Waals surface area contributed by atoms with Crippen LogP contribution in [0.3, 0.4) is 0 Å². The van der Waals surface area contributed by atoms with Crippen molar-refractivity contribution in [2.75, 3.05) is 11.9 Å². The van der Waals surface area contributed by atoms with E-state index in [9.17, 15) is 23.3 Å². The molecule has 4 bridgehead atoms. The molecular weight excluding hydrogens is 538 g/mol. The molecule has 0 radical (unpaired) electrons.